The summed E-state index contributed by atoms with van der Waals surface area (Å²) in [6, 6.07) is 24.4. The number of rotatable bonds is 11. The molecular weight excluding hydrogens is 1550 g/mol. The van der Waals surface area contributed by atoms with Crippen molar-refractivity contribution in [1.82, 2.24) is 83.9 Å². The number of halogens is 2. The first-order valence-corrected chi connectivity index (χ1v) is 40.9. The average Bonchev–Trinajstić information content (AvgIpc) is 1.48. The van der Waals surface area contributed by atoms with Crippen LogP contribution in [-0.2, 0) is 10.8 Å². The SMILES string of the molecule is CC(C)(C)c1cc(NC(=O)Nc2ccc(B(O)O)cc2)no1.CN1CCN(C2CCC(c3cc(-c4ccc(NC(=O)Nc5cc(C(C)(C)C)on5)cc4)c4c(N)ncnn34)CC2)CC1.CN1CCN(C2CCC(c3cc(Br)c4c(N)ncnn34)CC2)CC1.CN1CCNCC1.Nc1ncnn2c(C3CCCCC3)cc(Br)c12. The van der Waals surface area contributed by atoms with Crippen molar-refractivity contribution in [3.8, 4) is 11.1 Å². The molecule has 0 spiro atoms. The van der Waals surface area contributed by atoms with Gasteiger partial charge in [-0.15, -0.1) is 0 Å². The van der Waals surface area contributed by atoms with E-state index in [-0.39, 0.29) is 10.8 Å². The van der Waals surface area contributed by atoms with E-state index in [0.717, 1.165) is 81.7 Å². The summed E-state index contributed by atoms with van der Waals surface area (Å²) >= 11 is 7.18. The number of nitrogens with zero attached hydrogens (tertiary/aromatic N) is 16. The van der Waals surface area contributed by atoms with Crippen LogP contribution in [0.1, 0.15) is 171 Å². The zero-order valence-electron chi connectivity index (χ0n) is 66.1. The lowest BCUT2D eigenvalue weighted by Gasteiger charge is -2.41. The summed E-state index contributed by atoms with van der Waals surface area (Å²) in [4.78, 5) is 49.5. The predicted molar refractivity (Wildman–Crippen MR) is 449 cm³/mol. The number of nitrogens with two attached hydrogens (primary N) is 3. The second-order valence-corrected chi connectivity index (χ2v) is 34.2. The third kappa shape index (κ3) is 21.2. The molecule has 33 heteroatoms. The Bertz CT molecular complexity index is 4700. The van der Waals surface area contributed by atoms with Crippen molar-refractivity contribution in [3.63, 3.8) is 0 Å². The molecule has 0 atom stereocenters. The smallest absolute Gasteiger partial charge is 0.423 e. The molecule has 0 bridgehead atoms. The molecule has 6 aliphatic rings. The zero-order valence-corrected chi connectivity index (χ0v) is 69.2. The van der Waals surface area contributed by atoms with E-state index in [2.05, 4.69) is 163 Å². The third-order valence-electron chi connectivity index (χ3n) is 22.3. The number of aromatic nitrogens is 11. The van der Waals surface area contributed by atoms with E-state index < -0.39 is 19.2 Å². The van der Waals surface area contributed by atoms with Gasteiger partial charge in [0.2, 0.25) is 0 Å². The van der Waals surface area contributed by atoms with Crippen LogP contribution in [-0.4, -0.2) is 220 Å². The van der Waals surface area contributed by atoms with E-state index in [0.29, 0.717) is 81.2 Å². The van der Waals surface area contributed by atoms with Crippen molar-refractivity contribution in [2.24, 2.45) is 0 Å². The number of likely N-dealkylation sites (N-methyl/N-ethyl adjacent to an activating group) is 3. The zero-order chi connectivity index (χ0) is 79.4. The van der Waals surface area contributed by atoms with Gasteiger partial charge in [-0.2, -0.15) is 15.3 Å². The van der Waals surface area contributed by atoms with Gasteiger partial charge >= 0.3 is 19.2 Å². The van der Waals surface area contributed by atoms with Crippen LogP contribution in [0.15, 0.2) is 116 Å². The lowest BCUT2D eigenvalue weighted by molar-refractivity contribution is 0.0874. The lowest BCUT2D eigenvalue weighted by Crippen LogP contribution is -2.49. The van der Waals surface area contributed by atoms with Crippen molar-refractivity contribution >= 4 is 114 Å². The first-order chi connectivity index (χ1) is 53.7. The largest absolute Gasteiger partial charge is 0.488 e. The molecular formula is C79H111BBr2N24O6. The summed E-state index contributed by atoms with van der Waals surface area (Å²) in [7, 11) is 5.05. The summed E-state index contributed by atoms with van der Waals surface area (Å²) in [6.07, 6.45) is 20.8. The molecule has 11 heterocycles. The quantitative estimate of drug-likeness (QED) is 0.0538. The number of anilines is 7. The molecule has 3 saturated heterocycles. The van der Waals surface area contributed by atoms with E-state index in [9.17, 15) is 9.59 Å². The fraction of sp³-hybridized carbons (Fsp3) is 0.519. The first-order valence-electron chi connectivity index (χ1n) is 39.3. The maximum absolute atomic E-state index is 12.6. The minimum absolute atomic E-state index is 0.190. The summed E-state index contributed by atoms with van der Waals surface area (Å²) < 4.78 is 18.4. The fourth-order valence-electron chi connectivity index (χ4n) is 15.7. The Labute approximate surface area is 672 Å². The number of carbonyl (C=O) groups is 2. The highest BCUT2D eigenvalue weighted by atomic mass is 79.9. The molecule has 0 radical (unpaired) electrons. The summed E-state index contributed by atoms with van der Waals surface area (Å²) in [6.45, 7) is 26.2. The topological polar surface area (TPSA) is 372 Å². The van der Waals surface area contributed by atoms with Gasteiger partial charge in [0.15, 0.2) is 29.1 Å². The van der Waals surface area contributed by atoms with Crippen molar-refractivity contribution in [3.05, 3.63) is 135 Å². The van der Waals surface area contributed by atoms with E-state index in [4.69, 9.17) is 36.3 Å². The second kappa shape index (κ2) is 37.5. The molecule has 0 unspecified atom stereocenters. The Balaban J connectivity index is 0.000000142. The molecule has 600 valence electrons. The van der Waals surface area contributed by atoms with Crippen molar-refractivity contribution in [2.75, 3.05) is 138 Å². The predicted octanol–water partition coefficient (Wildman–Crippen LogP) is 11.5. The normalized spacial score (nSPS) is 19.9. The minimum Gasteiger partial charge on any atom is -0.423 e. The van der Waals surface area contributed by atoms with Gasteiger partial charge in [-0.25, -0.2) is 38.1 Å². The summed E-state index contributed by atoms with van der Waals surface area (Å²) in [5, 5.41) is 53.2. The third-order valence-corrected chi connectivity index (χ3v) is 23.6. The number of nitrogen functional groups attached to an aromatic ring is 3. The van der Waals surface area contributed by atoms with Gasteiger partial charge in [-0.1, -0.05) is 95.4 Å². The number of hydrogen-bond donors (Lipinski definition) is 10. The van der Waals surface area contributed by atoms with Gasteiger partial charge in [0.25, 0.3) is 0 Å². The van der Waals surface area contributed by atoms with Gasteiger partial charge in [-0.05, 0) is 171 Å². The number of hydrogen-bond acceptors (Lipinski definition) is 23. The average molecular weight is 1660 g/mol. The van der Waals surface area contributed by atoms with Gasteiger partial charge in [-0.3, -0.25) is 20.4 Å². The molecule has 13 N–H and O–H groups in total. The van der Waals surface area contributed by atoms with Crippen LogP contribution in [0.2, 0.25) is 0 Å². The van der Waals surface area contributed by atoms with Crippen LogP contribution in [0.5, 0.6) is 0 Å². The molecule has 3 aliphatic carbocycles. The van der Waals surface area contributed by atoms with Gasteiger partial charge in [0, 0.05) is 174 Å². The fourth-order valence-corrected chi connectivity index (χ4v) is 16.9. The van der Waals surface area contributed by atoms with E-state index in [1.807, 2.05) is 79.4 Å². The molecule has 30 nitrogen and oxygen atoms in total. The standard InChI is InChI=1S/C31H41N9O2.C17H25BrN6.C14H18BN3O4.C12H15BrN4.C5H12N2/c1-31(2,3)26-18-27(37-42-26)36-30(41)35-22-9-5-20(6-10-22)24-17-25(40-28(24)29(32)33-19-34-40)21-7-11-23(12-8-21)39-15-13-38(4)14-16-39;1-22-6-8-23(9-7-22)13-4-2-12(3-5-13)15-10-14(18)16-17(19)20-11-21-24(15)16;1-14(2,3)11-8-12(18-22-11)17-13(19)16-10-6-4-9(5-7-10)15(20)21;13-9-6-10(8-4-2-1-3-5-8)17-11(9)12(14)15-7-16-17;1-7-4-2-6-3-5-7/h5-6,9-10,17-19,21,23H,7-8,11-16H2,1-4H3,(H2,32,33,34)(H2,35,36,37,41);10-13H,2-9H2,1H3,(H2,19,20,21);4-8,20-21H,1-3H3,(H2,16,17,18,19);6-8H,1-5H2,(H2,14,15,16);6H,2-5H2,1H3. The van der Waals surface area contributed by atoms with Crippen molar-refractivity contribution in [1.29, 1.82) is 0 Å². The van der Waals surface area contributed by atoms with Crippen LogP contribution in [0.3, 0.4) is 0 Å². The van der Waals surface area contributed by atoms with Crippen molar-refractivity contribution < 1.29 is 28.7 Å². The maximum Gasteiger partial charge on any atom is 0.488 e. The highest BCUT2D eigenvalue weighted by Gasteiger charge is 2.34. The highest BCUT2D eigenvalue weighted by molar-refractivity contribution is 9.11. The van der Waals surface area contributed by atoms with Crippen LogP contribution in [0, 0.1) is 0 Å². The number of fused-ring (bicyclic) bond motifs is 3. The maximum atomic E-state index is 12.6. The van der Waals surface area contributed by atoms with Gasteiger partial charge < -0.3 is 66.9 Å². The van der Waals surface area contributed by atoms with E-state index in [1.54, 1.807) is 30.6 Å². The van der Waals surface area contributed by atoms with Crippen LogP contribution in [0.25, 0.3) is 27.7 Å². The molecule has 112 heavy (non-hydrogen) atoms. The van der Waals surface area contributed by atoms with Crippen LogP contribution < -0.4 is 49.2 Å². The Morgan fingerprint density at radius 3 is 1.24 bits per heavy atom. The Kier molecular flexibility index (Phi) is 27.8. The van der Waals surface area contributed by atoms with Gasteiger partial charge in [0.1, 0.15) is 47.1 Å². The molecule has 6 fully saturated rings. The molecule has 3 saturated carbocycles. The first kappa shape index (κ1) is 82.8. The number of urea groups is 2. The number of nitrogens with one attached hydrogen (secondary N) is 5. The van der Waals surface area contributed by atoms with E-state index >= 15 is 0 Å². The van der Waals surface area contributed by atoms with Crippen molar-refractivity contribution in [2.45, 2.75) is 166 Å². The number of piperazine rings is 3. The molecule has 2 aromatic carbocycles. The van der Waals surface area contributed by atoms with Crippen LogP contribution in [0.4, 0.5) is 50.1 Å². The monoisotopic (exact) mass is 1660 g/mol. The number of carbonyl (C=O) groups excluding carboxylic acids is 2. The molecule has 10 aromatic rings. The Morgan fingerprint density at radius 2 is 0.857 bits per heavy atom. The Hall–Kier alpha value is -8.64. The van der Waals surface area contributed by atoms with Crippen LogP contribution >= 0.6 is 31.9 Å². The molecule has 4 amide bonds. The lowest BCUT2D eigenvalue weighted by atomic mass is 9.80. The summed E-state index contributed by atoms with van der Waals surface area (Å²) in [5.41, 5.74) is 27.8. The van der Waals surface area contributed by atoms with E-state index in [1.165, 1.54) is 165 Å². The molecule has 8 aromatic heterocycles. The second-order valence-electron chi connectivity index (χ2n) is 32.5. The Morgan fingerprint density at radius 1 is 0.482 bits per heavy atom. The minimum atomic E-state index is -1.53. The molecule has 16 rings (SSSR count). The van der Waals surface area contributed by atoms with Gasteiger partial charge in [0.05, 0.1) is 0 Å². The molecule has 3 aliphatic heterocycles. The summed E-state index contributed by atoms with van der Waals surface area (Å²) in [5.74, 6) is 5.18. The highest BCUT2D eigenvalue weighted by Crippen LogP contribution is 2.43. The number of benzene rings is 2. The number of amides is 4.